The van der Waals surface area contributed by atoms with E-state index in [0.717, 1.165) is 56.3 Å². The van der Waals surface area contributed by atoms with Crippen LogP contribution in [0.2, 0.25) is 0 Å². The number of aliphatic imine (C=N–C) groups is 1. The van der Waals surface area contributed by atoms with Crippen LogP contribution < -0.4 is 15.4 Å². The first-order valence-corrected chi connectivity index (χ1v) is 11.1. The molecule has 2 aromatic rings. The summed E-state index contributed by atoms with van der Waals surface area (Å²) in [5.74, 6) is 1.92. The summed E-state index contributed by atoms with van der Waals surface area (Å²) in [6.45, 7) is 7.76. The van der Waals surface area contributed by atoms with Gasteiger partial charge < -0.3 is 20.3 Å². The van der Waals surface area contributed by atoms with E-state index in [0.29, 0.717) is 13.0 Å². The zero-order valence-corrected chi connectivity index (χ0v) is 21.6. The molecular weight excluding hydrogens is 515 g/mol. The zero-order valence-electron chi connectivity index (χ0n) is 19.3. The van der Waals surface area contributed by atoms with E-state index in [1.165, 1.54) is 16.7 Å². The van der Waals surface area contributed by atoms with Crippen LogP contribution in [0.4, 0.5) is 0 Å². The van der Waals surface area contributed by atoms with Gasteiger partial charge in [0.2, 0.25) is 5.91 Å². The molecule has 174 valence electrons. The molecule has 0 aromatic heterocycles. The number of benzene rings is 2. The van der Waals surface area contributed by atoms with Crippen LogP contribution in [0.25, 0.3) is 0 Å². The van der Waals surface area contributed by atoms with Gasteiger partial charge in [-0.05, 0) is 55.0 Å². The summed E-state index contributed by atoms with van der Waals surface area (Å²) in [5, 5.41) is 6.65. The molecule has 2 N–H and O–H groups in total. The Morgan fingerprint density at radius 1 is 1.12 bits per heavy atom. The quantitative estimate of drug-likeness (QED) is 0.214. The second-order valence-corrected chi connectivity index (χ2v) is 7.86. The molecule has 0 fully saturated rings. The van der Waals surface area contributed by atoms with Gasteiger partial charge in [-0.15, -0.1) is 24.0 Å². The highest BCUT2D eigenvalue weighted by Gasteiger charge is 2.22. The molecule has 0 saturated carbocycles. The van der Waals surface area contributed by atoms with E-state index in [9.17, 15) is 4.79 Å². The smallest absolute Gasteiger partial charge is 0.223 e. The van der Waals surface area contributed by atoms with E-state index in [1.54, 1.807) is 7.11 Å². The maximum atomic E-state index is 12.5. The number of ether oxygens (including phenoxy) is 1. The van der Waals surface area contributed by atoms with Gasteiger partial charge >= 0.3 is 0 Å². The normalized spacial score (nSPS) is 12.7. The predicted octanol–water partition coefficient (Wildman–Crippen LogP) is 4.04. The topological polar surface area (TPSA) is 66.0 Å². The predicted molar refractivity (Wildman–Crippen MR) is 141 cm³/mol. The van der Waals surface area contributed by atoms with Gasteiger partial charge in [-0.25, -0.2) is 0 Å². The van der Waals surface area contributed by atoms with Gasteiger partial charge in [-0.1, -0.05) is 36.4 Å². The Labute approximate surface area is 208 Å². The molecule has 0 aliphatic carbocycles. The number of hydrogen-bond donors (Lipinski definition) is 2. The lowest BCUT2D eigenvalue weighted by atomic mass is 10.1. The van der Waals surface area contributed by atoms with Gasteiger partial charge in [0.25, 0.3) is 0 Å². The Morgan fingerprint density at radius 3 is 2.50 bits per heavy atom. The van der Waals surface area contributed by atoms with Crippen LogP contribution in [0.3, 0.4) is 0 Å². The van der Waals surface area contributed by atoms with Gasteiger partial charge in [0.15, 0.2) is 5.96 Å². The van der Waals surface area contributed by atoms with Crippen LogP contribution in [-0.2, 0) is 24.3 Å². The first-order valence-electron chi connectivity index (χ1n) is 11.1. The number of carbonyl (C=O) groups is 1. The number of carbonyl (C=O) groups excluding carboxylic acids is 1. The van der Waals surface area contributed by atoms with E-state index in [2.05, 4.69) is 52.9 Å². The highest BCUT2D eigenvalue weighted by atomic mass is 127. The number of fused-ring (bicyclic) bond motifs is 1. The van der Waals surface area contributed by atoms with Crippen LogP contribution in [0.15, 0.2) is 47.5 Å². The Bertz CT molecular complexity index is 892. The maximum absolute atomic E-state index is 12.5. The number of aryl methyl sites for hydroxylation is 1. The van der Waals surface area contributed by atoms with Crippen molar-refractivity contribution in [3.05, 3.63) is 64.7 Å². The van der Waals surface area contributed by atoms with Gasteiger partial charge in [-0.3, -0.25) is 9.79 Å². The number of rotatable bonds is 9. The lowest BCUT2D eigenvalue weighted by Crippen LogP contribution is -2.38. The minimum atomic E-state index is 0. The highest BCUT2D eigenvalue weighted by molar-refractivity contribution is 14.0. The van der Waals surface area contributed by atoms with Gasteiger partial charge in [0.1, 0.15) is 5.75 Å². The molecule has 0 saturated heterocycles. The Morgan fingerprint density at radius 2 is 1.84 bits per heavy atom. The minimum absolute atomic E-state index is 0. The fourth-order valence-electron chi connectivity index (χ4n) is 3.78. The molecular formula is C25H35IN4O2. The molecule has 1 heterocycles. The third-order valence-electron chi connectivity index (χ3n) is 5.53. The maximum Gasteiger partial charge on any atom is 0.223 e. The number of halogens is 1. The summed E-state index contributed by atoms with van der Waals surface area (Å²) in [5.41, 5.74) is 4.89. The van der Waals surface area contributed by atoms with Crippen LogP contribution in [-0.4, -0.2) is 43.5 Å². The molecule has 2 aromatic carbocycles. The third-order valence-corrected chi connectivity index (χ3v) is 5.53. The van der Waals surface area contributed by atoms with E-state index in [-0.39, 0.29) is 29.9 Å². The second-order valence-electron chi connectivity index (χ2n) is 7.86. The van der Waals surface area contributed by atoms with E-state index in [4.69, 9.17) is 4.74 Å². The molecule has 1 amide bonds. The average Bonchev–Trinajstić information content (AvgIpc) is 3.22. The van der Waals surface area contributed by atoms with Crippen molar-refractivity contribution in [2.24, 2.45) is 4.99 Å². The zero-order chi connectivity index (χ0) is 22.1. The van der Waals surface area contributed by atoms with Crippen molar-refractivity contribution in [2.75, 3.05) is 26.7 Å². The first kappa shape index (κ1) is 26.0. The van der Waals surface area contributed by atoms with Crippen LogP contribution in [0.1, 0.15) is 42.0 Å². The van der Waals surface area contributed by atoms with Crippen molar-refractivity contribution in [3.63, 3.8) is 0 Å². The Hall–Kier alpha value is -2.29. The van der Waals surface area contributed by atoms with Crippen molar-refractivity contribution >= 4 is 35.8 Å². The molecule has 0 bridgehead atoms. The number of amides is 1. The standard InChI is InChI=1S/C25H34N4O2.HI/c1-4-26-25(28-15-13-20-12-11-19(2)23(16-20)31-3)27-14-7-10-24(30)29-17-21-8-5-6-9-22(21)18-29;/h5-6,8-9,11-12,16H,4,7,10,13-15,17-18H2,1-3H3,(H2,26,27,28);1H. The molecule has 1 aliphatic rings. The summed E-state index contributed by atoms with van der Waals surface area (Å²) in [7, 11) is 1.70. The van der Waals surface area contributed by atoms with E-state index in [1.807, 2.05) is 24.0 Å². The first-order chi connectivity index (χ1) is 15.1. The number of nitrogens with zero attached hydrogens (tertiary/aromatic N) is 2. The molecule has 0 unspecified atom stereocenters. The summed E-state index contributed by atoms with van der Waals surface area (Å²) < 4.78 is 5.40. The SMILES string of the molecule is CCNC(=NCCCC(=O)N1Cc2ccccc2C1)NCCc1ccc(C)c(OC)c1.I. The average molecular weight is 550 g/mol. The Balaban J connectivity index is 0.00000363. The molecule has 0 radical (unpaired) electrons. The molecule has 3 rings (SSSR count). The summed E-state index contributed by atoms with van der Waals surface area (Å²) in [4.78, 5) is 19.1. The molecule has 0 atom stereocenters. The molecule has 0 spiro atoms. The van der Waals surface area contributed by atoms with Crippen LogP contribution in [0.5, 0.6) is 5.75 Å². The molecule has 6 nitrogen and oxygen atoms in total. The molecule has 7 heteroatoms. The fraction of sp³-hybridized carbons (Fsp3) is 0.440. The van der Waals surface area contributed by atoms with Crippen molar-refractivity contribution < 1.29 is 9.53 Å². The van der Waals surface area contributed by atoms with Crippen molar-refractivity contribution in [1.29, 1.82) is 0 Å². The van der Waals surface area contributed by atoms with Crippen LogP contribution in [0, 0.1) is 6.92 Å². The van der Waals surface area contributed by atoms with Crippen molar-refractivity contribution in [2.45, 2.75) is 46.2 Å². The minimum Gasteiger partial charge on any atom is -0.496 e. The number of nitrogens with one attached hydrogen (secondary N) is 2. The van der Waals surface area contributed by atoms with E-state index < -0.39 is 0 Å². The monoisotopic (exact) mass is 550 g/mol. The molecule has 32 heavy (non-hydrogen) atoms. The lowest BCUT2D eigenvalue weighted by Gasteiger charge is -2.15. The molecule has 1 aliphatic heterocycles. The largest absolute Gasteiger partial charge is 0.496 e. The Kier molecular flexibility index (Phi) is 10.8. The fourth-order valence-corrected chi connectivity index (χ4v) is 3.78. The summed E-state index contributed by atoms with van der Waals surface area (Å²) in [6, 6.07) is 14.6. The highest BCUT2D eigenvalue weighted by Crippen LogP contribution is 2.23. The van der Waals surface area contributed by atoms with Crippen molar-refractivity contribution in [3.8, 4) is 5.75 Å². The van der Waals surface area contributed by atoms with Gasteiger partial charge in [0.05, 0.1) is 7.11 Å². The second kappa shape index (κ2) is 13.3. The number of methoxy groups -OCH3 is 1. The summed E-state index contributed by atoms with van der Waals surface area (Å²) >= 11 is 0. The van der Waals surface area contributed by atoms with Crippen LogP contribution >= 0.6 is 24.0 Å². The number of hydrogen-bond acceptors (Lipinski definition) is 3. The third kappa shape index (κ3) is 7.39. The summed E-state index contributed by atoms with van der Waals surface area (Å²) in [6.07, 6.45) is 2.16. The van der Waals surface area contributed by atoms with Gasteiger partial charge in [-0.2, -0.15) is 0 Å². The van der Waals surface area contributed by atoms with E-state index >= 15 is 0 Å². The van der Waals surface area contributed by atoms with Crippen molar-refractivity contribution in [1.82, 2.24) is 15.5 Å². The van der Waals surface area contributed by atoms with Gasteiger partial charge in [0, 0.05) is 39.1 Å². The number of guanidine groups is 1. The lowest BCUT2D eigenvalue weighted by molar-refractivity contribution is -0.131.